The summed E-state index contributed by atoms with van der Waals surface area (Å²) in [6.07, 6.45) is 0. The molecule has 0 aliphatic heterocycles. The number of nitrogens with zero attached hydrogens (tertiary/aromatic N) is 5. The summed E-state index contributed by atoms with van der Waals surface area (Å²) in [6, 6.07) is 20.4. The van der Waals surface area contributed by atoms with Gasteiger partial charge < -0.3 is 9.88 Å². The van der Waals surface area contributed by atoms with Crippen LogP contribution in [0, 0.1) is 17.2 Å². The maximum atomic E-state index is 12.6. The number of rotatable bonds is 10. The van der Waals surface area contributed by atoms with Gasteiger partial charge in [0.1, 0.15) is 11.4 Å². The highest BCUT2D eigenvalue weighted by atomic mass is 32.2. The Hall–Kier alpha value is -2.87. The van der Waals surface area contributed by atoms with Crippen LogP contribution in [-0.4, -0.2) is 36.9 Å². The molecule has 0 saturated heterocycles. The number of amides is 1. The van der Waals surface area contributed by atoms with E-state index in [9.17, 15) is 10.1 Å². The van der Waals surface area contributed by atoms with Crippen LogP contribution in [0.2, 0.25) is 0 Å². The third-order valence-electron chi connectivity index (χ3n) is 5.69. The molecule has 1 atom stereocenters. The second-order valence-electron chi connectivity index (χ2n) is 8.51. The largest absolute Gasteiger partial charge is 0.337 e. The zero-order chi connectivity index (χ0) is 24.8. The predicted molar refractivity (Wildman–Crippen MR) is 142 cm³/mol. The van der Waals surface area contributed by atoms with Crippen molar-refractivity contribution in [3.63, 3.8) is 0 Å². The molecule has 180 valence electrons. The molecule has 0 radical (unpaired) electrons. The number of carbonyl (C=O) groups is 1. The fourth-order valence-electron chi connectivity index (χ4n) is 3.25. The predicted octanol–water partition coefficient (Wildman–Crippen LogP) is 5.37. The fraction of sp³-hybridized carbons (Fsp3) is 0.320. The fourth-order valence-corrected chi connectivity index (χ4v) is 6.02. The smallest absolute Gasteiger partial charge is 0.231 e. The van der Waals surface area contributed by atoms with Crippen molar-refractivity contribution >= 4 is 51.0 Å². The summed E-state index contributed by atoms with van der Waals surface area (Å²) in [5, 5.41) is 21.9. The summed E-state index contributed by atoms with van der Waals surface area (Å²) in [6.45, 7) is 6.19. The molecule has 4 aromatic rings. The summed E-state index contributed by atoms with van der Waals surface area (Å²) in [5.41, 5.74) is 1.22. The molecule has 0 saturated carbocycles. The van der Waals surface area contributed by atoms with Crippen LogP contribution in [-0.2, 0) is 17.1 Å². The zero-order valence-electron chi connectivity index (χ0n) is 19.8. The molecule has 7 nitrogen and oxygen atoms in total. The lowest BCUT2D eigenvalue weighted by Crippen LogP contribution is -2.49. The highest BCUT2D eigenvalue weighted by molar-refractivity contribution is 8.00. The first-order valence-electron chi connectivity index (χ1n) is 11.2. The maximum absolute atomic E-state index is 12.6. The Bertz CT molecular complexity index is 1310. The molecule has 1 unspecified atom stereocenters. The van der Waals surface area contributed by atoms with E-state index >= 15 is 0 Å². The van der Waals surface area contributed by atoms with Crippen LogP contribution in [0.4, 0.5) is 0 Å². The number of benzene rings is 2. The van der Waals surface area contributed by atoms with Crippen LogP contribution in [0.25, 0.3) is 10.2 Å². The topological polar surface area (TPSA) is 96.5 Å². The van der Waals surface area contributed by atoms with Crippen molar-refractivity contribution in [3.05, 3.63) is 66.0 Å². The van der Waals surface area contributed by atoms with Gasteiger partial charge in [-0.05, 0) is 30.5 Å². The van der Waals surface area contributed by atoms with Gasteiger partial charge in [0, 0.05) is 0 Å². The van der Waals surface area contributed by atoms with Gasteiger partial charge in [0.15, 0.2) is 9.50 Å². The quantitative estimate of drug-likeness (QED) is 0.280. The monoisotopic (exact) mass is 522 g/mol. The lowest BCUT2D eigenvalue weighted by atomic mass is 9.90. The molecule has 10 heteroatoms. The van der Waals surface area contributed by atoms with Crippen LogP contribution in [0.5, 0.6) is 0 Å². The number of nitrogens with one attached hydrogen (secondary N) is 1. The van der Waals surface area contributed by atoms with Crippen LogP contribution in [0.1, 0.15) is 32.2 Å². The molecule has 4 rings (SSSR count). The number of para-hydroxylation sites is 1. The molecular formula is C25H26N6OS3. The number of thioether (sulfide) groups is 2. The molecule has 0 bridgehead atoms. The van der Waals surface area contributed by atoms with Gasteiger partial charge in [-0.2, -0.15) is 5.26 Å². The average molecular weight is 523 g/mol. The Kier molecular flexibility index (Phi) is 8.11. The first kappa shape index (κ1) is 25.2. The van der Waals surface area contributed by atoms with E-state index in [1.807, 2.05) is 50.2 Å². The van der Waals surface area contributed by atoms with Crippen LogP contribution < -0.4 is 5.32 Å². The molecule has 2 aromatic carbocycles. The van der Waals surface area contributed by atoms with Crippen molar-refractivity contribution in [2.45, 2.75) is 48.1 Å². The van der Waals surface area contributed by atoms with Crippen molar-refractivity contribution in [2.75, 3.05) is 5.75 Å². The van der Waals surface area contributed by atoms with E-state index in [0.717, 1.165) is 25.9 Å². The van der Waals surface area contributed by atoms with E-state index in [2.05, 4.69) is 44.3 Å². The lowest BCUT2D eigenvalue weighted by Gasteiger charge is -2.27. The minimum atomic E-state index is -0.908. The van der Waals surface area contributed by atoms with Crippen molar-refractivity contribution in [1.29, 1.82) is 5.26 Å². The maximum Gasteiger partial charge on any atom is 0.231 e. The molecule has 2 heterocycles. The highest BCUT2D eigenvalue weighted by Crippen LogP contribution is 2.32. The van der Waals surface area contributed by atoms with Gasteiger partial charge in [-0.3, -0.25) is 4.79 Å². The molecule has 1 N–H and O–H groups in total. The van der Waals surface area contributed by atoms with E-state index in [0.29, 0.717) is 17.5 Å². The van der Waals surface area contributed by atoms with Crippen molar-refractivity contribution in [3.8, 4) is 6.07 Å². The van der Waals surface area contributed by atoms with Gasteiger partial charge in [-0.15, -0.1) is 21.5 Å². The zero-order valence-corrected chi connectivity index (χ0v) is 22.2. The summed E-state index contributed by atoms with van der Waals surface area (Å²) < 4.78 is 4.20. The molecule has 0 aliphatic rings. The third-order valence-corrected chi connectivity index (χ3v) is 8.84. The summed E-state index contributed by atoms with van der Waals surface area (Å²) in [4.78, 5) is 17.3. The first-order chi connectivity index (χ1) is 16.9. The van der Waals surface area contributed by atoms with Crippen molar-refractivity contribution < 1.29 is 4.79 Å². The molecular weight excluding hydrogens is 497 g/mol. The third kappa shape index (κ3) is 6.23. The number of aromatic nitrogens is 4. The highest BCUT2D eigenvalue weighted by Gasteiger charge is 2.30. The number of hydrogen-bond donors (Lipinski definition) is 1. The van der Waals surface area contributed by atoms with E-state index in [1.54, 1.807) is 30.0 Å². The SMILES string of the molecule is CC(C)C(C)(C#N)NC(=O)CSc1nnc(CSc2nc3ccccc3s2)n1Cc1ccccc1. The van der Waals surface area contributed by atoms with Gasteiger partial charge in [0.25, 0.3) is 0 Å². The number of hydrogen-bond acceptors (Lipinski definition) is 8. The number of thiazole rings is 1. The van der Waals surface area contributed by atoms with Gasteiger partial charge >= 0.3 is 0 Å². The summed E-state index contributed by atoms with van der Waals surface area (Å²) >= 11 is 4.63. The number of carbonyl (C=O) groups excluding carboxylic acids is 1. The first-order valence-corrected chi connectivity index (χ1v) is 14.0. The van der Waals surface area contributed by atoms with Crippen LogP contribution in [0.3, 0.4) is 0 Å². The minimum Gasteiger partial charge on any atom is -0.337 e. The summed E-state index contributed by atoms with van der Waals surface area (Å²) in [7, 11) is 0. The second kappa shape index (κ2) is 11.2. The van der Waals surface area contributed by atoms with E-state index < -0.39 is 5.54 Å². The molecule has 0 fully saturated rings. The normalized spacial score (nSPS) is 13.0. The second-order valence-corrected chi connectivity index (χ2v) is 11.7. The molecule has 0 aliphatic carbocycles. The van der Waals surface area contributed by atoms with Crippen molar-refractivity contribution in [1.82, 2.24) is 25.1 Å². The van der Waals surface area contributed by atoms with Crippen LogP contribution >= 0.6 is 34.9 Å². The Balaban J connectivity index is 1.49. The van der Waals surface area contributed by atoms with E-state index in [-0.39, 0.29) is 17.6 Å². The molecule has 35 heavy (non-hydrogen) atoms. The Labute approximate surface area is 217 Å². The van der Waals surface area contributed by atoms with Gasteiger partial charge in [-0.1, -0.05) is 79.8 Å². The molecule has 2 aromatic heterocycles. The molecule has 1 amide bonds. The lowest BCUT2D eigenvalue weighted by molar-refractivity contribution is -0.120. The van der Waals surface area contributed by atoms with Crippen LogP contribution in [0.15, 0.2) is 64.1 Å². The summed E-state index contributed by atoms with van der Waals surface area (Å²) in [5.74, 6) is 1.39. The van der Waals surface area contributed by atoms with Gasteiger partial charge in [0.05, 0.1) is 34.3 Å². The molecule has 0 spiro atoms. The minimum absolute atomic E-state index is 0.00526. The number of fused-ring (bicyclic) bond motifs is 1. The number of nitriles is 1. The Morgan fingerprint density at radius 1 is 1.14 bits per heavy atom. The Morgan fingerprint density at radius 3 is 2.60 bits per heavy atom. The average Bonchev–Trinajstić information content (AvgIpc) is 3.45. The standard InChI is InChI=1S/C25H26N6OS3/c1-17(2)25(3,16-26)28-22(32)15-33-23-30-29-21(31(23)13-18-9-5-4-6-10-18)14-34-24-27-19-11-7-8-12-20(19)35-24/h4-12,17H,13-15H2,1-3H3,(H,28,32). The Morgan fingerprint density at radius 2 is 1.89 bits per heavy atom. The van der Waals surface area contributed by atoms with Gasteiger partial charge in [0.2, 0.25) is 5.91 Å². The van der Waals surface area contributed by atoms with E-state index in [4.69, 9.17) is 4.98 Å². The van der Waals surface area contributed by atoms with E-state index in [1.165, 1.54) is 11.8 Å². The van der Waals surface area contributed by atoms with Gasteiger partial charge in [-0.25, -0.2) is 4.98 Å². The van der Waals surface area contributed by atoms with Crippen molar-refractivity contribution in [2.24, 2.45) is 5.92 Å².